The van der Waals surface area contributed by atoms with Crippen molar-refractivity contribution in [2.75, 3.05) is 19.4 Å². The van der Waals surface area contributed by atoms with Gasteiger partial charge in [-0.25, -0.2) is 13.8 Å². The second kappa shape index (κ2) is 11.6. The monoisotopic (exact) mass is 452 g/mol. The van der Waals surface area contributed by atoms with Crippen LogP contribution in [0.15, 0.2) is 48.8 Å². The Kier molecular flexibility index (Phi) is 8.60. The lowest BCUT2D eigenvalue weighted by molar-refractivity contribution is 0.111. The smallest absolute Gasteiger partial charge is 0.168 e. The van der Waals surface area contributed by atoms with Gasteiger partial charge in [-0.05, 0) is 73.5 Å². The average molecular weight is 453 g/mol. The Hall–Kier alpha value is -3.19. The molecule has 4 rings (SSSR count). The van der Waals surface area contributed by atoms with Gasteiger partial charge in [0, 0.05) is 18.8 Å². The molecule has 0 aliphatic heterocycles. The Morgan fingerprint density at radius 1 is 1.12 bits per heavy atom. The fourth-order valence-corrected chi connectivity index (χ4v) is 4.74. The second-order valence-electron chi connectivity index (χ2n) is 8.10. The molecule has 0 amide bonds. The number of carbonyl (C=O) groups is 1. The van der Waals surface area contributed by atoms with Gasteiger partial charge < -0.3 is 11.1 Å². The molecule has 3 N–H and O–H groups in total. The molecule has 0 bridgehead atoms. The van der Waals surface area contributed by atoms with Gasteiger partial charge in [0.05, 0.1) is 11.9 Å². The number of benzene rings is 1. The molecule has 0 spiro atoms. The standard InChI is InChI=1S/C25H25F2N3O.CH5N/c1-28-23-14-29-11-10-20(23)17-5-2-4-16(12-17)13-18-6-3-7-21(26)24(18)25-22(27)9-8-19(15-31)30-25;1-2/h3,6-11,14-17,28H,2,4-5,12-13H2,1H3;2H2,1H3. The van der Waals surface area contributed by atoms with Gasteiger partial charge in [-0.15, -0.1) is 0 Å². The highest BCUT2D eigenvalue weighted by molar-refractivity contribution is 5.75. The summed E-state index contributed by atoms with van der Waals surface area (Å²) in [6, 6.07) is 9.33. The fourth-order valence-electron chi connectivity index (χ4n) is 4.74. The lowest BCUT2D eigenvalue weighted by atomic mass is 9.75. The van der Waals surface area contributed by atoms with E-state index in [1.165, 1.54) is 30.8 Å². The topological polar surface area (TPSA) is 80.9 Å². The molecule has 174 valence electrons. The van der Waals surface area contributed by atoms with Crippen molar-refractivity contribution in [3.05, 3.63) is 77.2 Å². The Morgan fingerprint density at radius 2 is 1.94 bits per heavy atom. The molecule has 2 aromatic heterocycles. The number of hydrogen-bond acceptors (Lipinski definition) is 5. The minimum Gasteiger partial charge on any atom is -0.387 e. The van der Waals surface area contributed by atoms with Gasteiger partial charge >= 0.3 is 0 Å². The zero-order chi connectivity index (χ0) is 23.8. The van der Waals surface area contributed by atoms with Crippen LogP contribution in [0.5, 0.6) is 0 Å². The van der Waals surface area contributed by atoms with E-state index in [4.69, 9.17) is 0 Å². The summed E-state index contributed by atoms with van der Waals surface area (Å²) in [5, 5.41) is 3.22. The number of nitrogens with two attached hydrogens (primary N) is 1. The number of pyridine rings is 2. The summed E-state index contributed by atoms with van der Waals surface area (Å²) in [6.07, 6.45) is 9.04. The molecule has 33 heavy (non-hydrogen) atoms. The third kappa shape index (κ3) is 5.60. The Bertz CT molecular complexity index is 1090. The predicted molar refractivity (Wildman–Crippen MR) is 127 cm³/mol. The summed E-state index contributed by atoms with van der Waals surface area (Å²) < 4.78 is 29.4. The maximum absolute atomic E-state index is 14.8. The summed E-state index contributed by atoms with van der Waals surface area (Å²) in [4.78, 5) is 19.4. The molecule has 2 heterocycles. The van der Waals surface area contributed by atoms with Crippen LogP contribution in [-0.2, 0) is 6.42 Å². The highest BCUT2D eigenvalue weighted by atomic mass is 19.1. The molecule has 1 fully saturated rings. The zero-order valence-corrected chi connectivity index (χ0v) is 19.0. The van der Waals surface area contributed by atoms with E-state index in [1.54, 1.807) is 6.07 Å². The van der Waals surface area contributed by atoms with Gasteiger partial charge in [0.1, 0.15) is 23.0 Å². The number of nitrogens with one attached hydrogen (secondary N) is 1. The lowest BCUT2D eigenvalue weighted by Crippen LogP contribution is -2.18. The number of aromatic nitrogens is 2. The molecule has 3 aromatic rings. The fraction of sp³-hybridized carbons (Fsp3) is 0.346. The summed E-state index contributed by atoms with van der Waals surface area (Å²) >= 11 is 0. The molecular formula is C26H30F2N4O. The van der Waals surface area contributed by atoms with E-state index in [0.717, 1.165) is 36.9 Å². The number of nitrogens with zero attached hydrogens (tertiary/aromatic N) is 2. The van der Waals surface area contributed by atoms with Crippen molar-refractivity contribution in [3.8, 4) is 11.3 Å². The molecule has 1 aliphatic carbocycles. The summed E-state index contributed by atoms with van der Waals surface area (Å²) in [6.45, 7) is 0. The second-order valence-corrected chi connectivity index (χ2v) is 8.10. The Morgan fingerprint density at radius 3 is 2.70 bits per heavy atom. The van der Waals surface area contributed by atoms with Gasteiger partial charge in [0.25, 0.3) is 0 Å². The molecule has 2 atom stereocenters. The zero-order valence-electron chi connectivity index (χ0n) is 19.0. The summed E-state index contributed by atoms with van der Waals surface area (Å²) in [5.41, 5.74) is 7.66. The first-order valence-corrected chi connectivity index (χ1v) is 11.2. The van der Waals surface area contributed by atoms with Crippen LogP contribution in [0, 0.1) is 17.6 Å². The molecule has 1 aliphatic rings. The van der Waals surface area contributed by atoms with E-state index >= 15 is 0 Å². The summed E-state index contributed by atoms with van der Waals surface area (Å²) in [7, 11) is 3.40. The SMILES string of the molecule is CN.CNc1cnccc1C1CCCC(Cc2cccc(F)c2-c2nc(C=O)ccc2F)C1. The van der Waals surface area contributed by atoms with Crippen molar-refractivity contribution < 1.29 is 13.6 Å². The predicted octanol–water partition coefficient (Wildman–Crippen LogP) is 5.37. The minimum absolute atomic E-state index is 0.0839. The van der Waals surface area contributed by atoms with Gasteiger partial charge in [0.2, 0.25) is 0 Å². The Labute approximate surface area is 193 Å². The lowest BCUT2D eigenvalue weighted by Gasteiger charge is -2.31. The third-order valence-electron chi connectivity index (χ3n) is 6.18. The molecule has 0 saturated heterocycles. The van der Waals surface area contributed by atoms with E-state index in [9.17, 15) is 13.6 Å². The molecule has 0 radical (unpaired) electrons. The van der Waals surface area contributed by atoms with Crippen molar-refractivity contribution in [2.45, 2.75) is 38.0 Å². The van der Waals surface area contributed by atoms with E-state index in [1.807, 2.05) is 25.5 Å². The molecule has 5 nitrogen and oxygen atoms in total. The van der Waals surface area contributed by atoms with Crippen LogP contribution in [0.2, 0.25) is 0 Å². The molecule has 2 unspecified atom stereocenters. The van der Waals surface area contributed by atoms with Crippen LogP contribution in [0.4, 0.5) is 14.5 Å². The van der Waals surface area contributed by atoms with Crippen LogP contribution in [0.25, 0.3) is 11.3 Å². The molecule has 1 aromatic carbocycles. The summed E-state index contributed by atoms with van der Waals surface area (Å²) in [5.74, 6) is -0.413. The van der Waals surface area contributed by atoms with Crippen LogP contribution in [0.1, 0.15) is 53.2 Å². The quantitative estimate of drug-likeness (QED) is 0.492. The molecule has 7 heteroatoms. The first-order chi connectivity index (χ1) is 16.1. The van der Waals surface area contributed by atoms with Crippen molar-refractivity contribution in [1.29, 1.82) is 0 Å². The third-order valence-corrected chi connectivity index (χ3v) is 6.18. The maximum Gasteiger partial charge on any atom is 0.168 e. The average Bonchev–Trinajstić information content (AvgIpc) is 2.86. The first kappa shape index (κ1) is 24.5. The molecule has 1 saturated carbocycles. The van der Waals surface area contributed by atoms with Crippen LogP contribution < -0.4 is 11.1 Å². The van der Waals surface area contributed by atoms with E-state index in [-0.39, 0.29) is 17.0 Å². The minimum atomic E-state index is -0.631. The van der Waals surface area contributed by atoms with Crippen LogP contribution in [-0.4, -0.2) is 30.3 Å². The molecular weight excluding hydrogens is 422 g/mol. The van der Waals surface area contributed by atoms with Crippen LogP contribution in [0.3, 0.4) is 0 Å². The van der Waals surface area contributed by atoms with Crippen molar-refractivity contribution in [2.24, 2.45) is 11.7 Å². The van der Waals surface area contributed by atoms with E-state index in [0.29, 0.717) is 24.5 Å². The van der Waals surface area contributed by atoms with E-state index in [2.05, 4.69) is 27.1 Å². The van der Waals surface area contributed by atoms with Gasteiger partial charge in [0.15, 0.2) is 6.29 Å². The van der Waals surface area contributed by atoms with E-state index < -0.39 is 11.6 Å². The number of anilines is 1. The Balaban J connectivity index is 0.00000149. The normalized spacial score (nSPS) is 17.6. The first-order valence-electron chi connectivity index (χ1n) is 11.2. The number of aldehydes is 1. The maximum atomic E-state index is 14.8. The van der Waals surface area contributed by atoms with Crippen molar-refractivity contribution in [1.82, 2.24) is 9.97 Å². The van der Waals surface area contributed by atoms with Crippen LogP contribution >= 0.6 is 0 Å². The number of carbonyl (C=O) groups excluding carboxylic acids is 1. The number of rotatable bonds is 6. The largest absolute Gasteiger partial charge is 0.387 e. The number of halogens is 2. The van der Waals surface area contributed by atoms with Gasteiger partial charge in [-0.3, -0.25) is 9.78 Å². The van der Waals surface area contributed by atoms with Crippen molar-refractivity contribution in [3.63, 3.8) is 0 Å². The number of hydrogen-bond donors (Lipinski definition) is 2. The van der Waals surface area contributed by atoms with Gasteiger partial charge in [-0.1, -0.05) is 25.0 Å². The highest BCUT2D eigenvalue weighted by Gasteiger charge is 2.27. The van der Waals surface area contributed by atoms with Gasteiger partial charge in [-0.2, -0.15) is 0 Å². The van der Waals surface area contributed by atoms with Crippen molar-refractivity contribution >= 4 is 12.0 Å². The highest BCUT2D eigenvalue weighted by Crippen LogP contribution is 2.41.